The highest BCUT2D eigenvalue weighted by atomic mass is 32.1. The van der Waals surface area contributed by atoms with Crippen LogP contribution >= 0.6 is 11.3 Å². The maximum Gasteiger partial charge on any atom is 0.410 e. The molecule has 0 saturated heterocycles. The van der Waals surface area contributed by atoms with Crippen LogP contribution in [0.15, 0.2) is 24.3 Å². The molecule has 0 saturated carbocycles. The van der Waals surface area contributed by atoms with Gasteiger partial charge in [0.15, 0.2) is 0 Å². The maximum atomic E-state index is 12.4. The van der Waals surface area contributed by atoms with Crippen LogP contribution in [-0.2, 0) is 28.9 Å². The van der Waals surface area contributed by atoms with Crippen LogP contribution in [-0.4, -0.2) is 30.1 Å². The number of hydrogen-bond acceptors (Lipinski definition) is 5. The Bertz CT molecular complexity index is 929. The van der Waals surface area contributed by atoms with E-state index in [9.17, 15) is 14.9 Å². The predicted molar refractivity (Wildman–Crippen MR) is 108 cm³/mol. The summed E-state index contributed by atoms with van der Waals surface area (Å²) in [6, 6.07) is 10.3. The second-order valence-corrected chi connectivity index (χ2v) is 7.83. The van der Waals surface area contributed by atoms with Crippen LogP contribution in [0.2, 0.25) is 0 Å². The van der Waals surface area contributed by atoms with Crippen molar-refractivity contribution in [2.75, 3.05) is 18.5 Å². The normalized spacial score (nSPS) is 12.8. The van der Waals surface area contributed by atoms with Gasteiger partial charge >= 0.3 is 6.09 Å². The fraction of sp³-hybridized carbons (Fsp3) is 0.381. The molecule has 0 radical (unpaired) electrons. The van der Waals surface area contributed by atoms with E-state index in [2.05, 4.69) is 17.5 Å². The molecule has 6 nitrogen and oxygen atoms in total. The Balaban J connectivity index is 1.67. The highest BCUT2D eigenvalue weighted by Crippen LogP contribution is 2.36. The lowest BCUT2D eigenvalue weighted by molar-refractivity contribution is -0.116. The van der Waals surface area contributed by atoms with Crippen molar-refractivity contribution in [3.63, 3.8) is 0 Å². The molecular weight excluding hydrogens is 374 g/mol. The summed E-state index contributed by atoms with van der Waals surface area (Å²) in [6.07, 6.45) is 1.25. The number of amides is 2. The standard InChI is InChI=1S/C21H23N3O3S/c1-3-27-21(26)24-10-9-16-17(12-22)20(28-18(16)13-24)23-19(25)8-7-15-6-4-5-14(2)11-15/h4-6,11H,3,7-10,13H2,1-2H3,(H,23,25). The molecule has 1 aliphatic rings. The topological polar surface area (TPSA) is 82.4 Å². The number of rotatable bonds is 5. The van der Waals surface area contributed by atoms with Crippen molar-refractivity contribution in [1.29, 1.82) is 5.26 Å². The highest BCUT2D eigenvalue weighted by Gasteiger charge is 2.28. The summed E-state index contributed by atoms with van der Waals surface area (Å²) in [5.74, 6) is -0.112. The van der Waals surface area contributed by atoms with E-state index in [-0.39, 0.29) is 12.0 Å². The number of thiophene rings is 1. The molecule has 1 aliphatic heterocycles. The van der Waals surface area contributed by atoms with Crippen molar-refractivity contribution >= 4 is 28.3 Å². The summed E-state index contributed by atoms with van der Waals surface area (Å²) >= 11 is 1.37. The molecule has 1 N–H and O–H groups in total. The third-order valence-electron chi connectivity index (χ3n) is 4.67. The van der Waals surface area contributed by atoms with Gasteiger partial charge in [-0.05, 0) is 37.8 Å². The van der Waals surface area contributed by atoms with Crippen LogP contribution in [0.25, 0.3) is 0 Å². The van der Waals surface area contributed by atoms with Crippen LogP contribution < -0.4 is 5.32 Å². The lowest BCUT2D eigenvalue weighted by atomic mass is 10.0. The van der Waals surface area contributed by atoms with E-state index in [0.717, 1.165) is 16.0 Å². The number of nitrogens with zero attached hydrogens (tertiary/aromatic N) is 2. The number of hydrogen-bond donors (Lipinski definition) is 1. The molecule has 7 heteroatoms. The fourth-order valence-electron chi connectivity index (χ4n) is 3.30. The van der Waals surface area contributed by atoms with E-state index in [1.54, 1.807) is 11.8 Å². The molecular formula is C21H23N3O3S. The second kappa shape index (κ2) is 8.89. The number of nitriles is 1. The molecule has 3 rings (SSSR count). The van der Waals surface area contributed by atoms with Gasteiger partial charge in [0, 0.05) is 17.8 Å². The monoisotopic (exact) mass is 397 g/mol. The summed E-state index contributed by atoms with van der Waals surface area (Å²) in [6.45, 7) is 5.05. The summed E-state index contributed by atoms with van der Waals surface area (Å²) in [5.41, 5.74) is 3.74. The molecule has 2 amide bonds. The molecule has 2 aromatic rings. The van der Waals surface area contributed by atoms with Gasteiger partial charge in [-0.25, -0.2) is 4.79 Å². The zero-order valence-electron chi connectivity index (χ0n) is 16.1. The van der Waals surface area contributed by atoms with Gasteiger partial charge in [0.2, 0.25) is 5.91 Å². The number of carbonyl (C=O) groups excluding carboxylic acids is 2. The van der Waals surface area contributed by atoms with Crippen LogP contribution in [0.5, 0.6) is 0 Å². The Morgan fingerprint density at radius 2 is 2.21 bits per heavy atom. The lowest BCUT2D eigenvalue weighted by Gasteiger charge is -2.25. The van der Waals surface area contributed by atoms with Crippen LogP contribution in [0.1, 0.15) is 40.5 Å². The predicted octanol–water partition coefficient (Wildman–Crippen LogP) is 4.01. The van der Waals surface area contributed by atoms with E-state index < -0.39 is 0 Å². The number of carbonyl (C=O) groups is 2. The van der Waals surface area contributed by atoms with Crippen molar-refractivity contribution in [2.24, 2.45) is 0 Å². The molecule has 0 spiro atoms. The Hall–Kier alpha value is -2.85. The van der Waals surface area contributed by atoms with Crippen molar-refractivity contribution in [1.82, 2.24) is 4.90 Å². The number of ether oxygens (including phenoxy) is 1. The van der Waals surface area contributed by atoms with Crippen molar-refractivity contribution in [2.45, 2.75) is 39.7 Å². The van der Waals surface area contributed by atoms with E-state index in [1.165, 1.54) is 16.9 Å². The first-order chi connectivity index (χ1) is 13.5. The zero-order valence-corrected chi connectivity index (χ0v) is 16.9. The minimum atomic E-state index is -0.344. The lowest BCUT2D eigenvalue weighted by Crippen LogP contribution is -2.35. The first-order valence-corrected chi connectivity index (χ1v) is 10.1. The maximum absolute atomic E-state index is 12.4. The fourth-order valence-corrected chi connectivity index (χ4v) is 4.52. The van der Waals surface area contributed by atoms with E-state index >= 15 is 0 Å². The number of nitrogens with one attached hydrogen (secondary N) is 1. The number of aryl methyl sites for hydroxylation is 2. The Morgan fingerprint density at radius 1 is 1.39 bits per heavy atom. The third kappa shape index (κ3) is 4.52. The van der Waals surface area contributed by atoms with E-state index in [0.29, 0.717) is 49.5 Å². The first-order valence-electron chi connectivity index (χ1n) is 9.33. The summed E-state index contributed by atoms with van der Waals surface area (Å²) in [7, 11) is 0. The molecule has 1 aromatic carbocycles. The first kappa shape index (κ1) is 19.9. The summed E-state index contributed by atoms with van der Waals surface area (Å²) in [5, 5.41) is 13.0. The van der Waals surface area contributed by atoms with E-state index in [4.69, 9.17) is 4.74 Å². The van der Waals surface area contributed by atoms with E-state index in [1.807, 2.05) is 25.1 Å². The molecule has 0 aliphatic carbocycles. The van der Waals surface area contributed by atoms with Gasteiger partial charge in [-0.1, -0.05) is 29.8 Å². The van der Waals surface area contributed by atoms with Gasteiger partial charge in [-0.15, -0.1) is 11.3 Å². The average molecular weight is 398 g/mol. The van der Waals surface area contributed by atoms with Crippen LogP contribution in [0, 0.1) is 18.3 Å². The largest absolute Gasteiger partial charge is 0.450 e. The molecule has 0 fully saturated rings. The molecule has 2 heterocycles. The Labute approximate surface area is 168 Å². The van der Waals surface area contributed by atoms with Gasteiger partial charge < -0.3 is 15.0 Å². The van der Waals surface area contributed by atoms with Gasteiger partial charge in [-0.3, -0.25) is 4.79 Å². The Kier molecular flexibility index (Phi) is 6.32. The minimum absolute atomic E-state index is 0.112. The van der Waals surface area contributed by atoms with Gasteiger partial charge in [0.05, 0.1) is 18.7 Å². The number of benzene rings is 1. The number of fused-ring (bicyclic) bond motifs is 1. The summed E-state index contributed by atoms with van der Waals surface area (Å²) in [4.78, 5) is 26.9. The highest BCUT2D eigenvalue weighted by molar-refractivity contribution is 7.16. The molecule has 146 valence electrons. The number of anilines is 1. The SMILES string of the molecule is CCOC(=O)N1CCc2c(sc(NC(=O)CCc3cccc(C)c3)c2C#N)C1. The summed E-state index contributed by atoms with van der Waals surface area (Å²) < 4.78 is 5.06. The van der Waals surface area contributed by atoms with Crippen LogP contribution in [0.4, 0.5) is 9.80 Å². The minimum Gasteiger partial charge on any atom is -0.450 e. The average Bonchev–Trinajstić information content (AvgIpc) is 3.02. The molecule has 1 aromatic heterocycles. The Morgan fingerprint density at radius 3 is 2.93 bits per heavy atom. The molecule has 28 heavy (non-hydrogen) atoms. The van der Waals surface area contributed by atoms with Gasteiger partial charge in [0.25, 0.3) is 0 Å². The smallest absolute Gasteiger partial charge is 0.410 e. The van der Waals surface area contributed by atoms with Gasteiger partial charge in [0.1, 0.15) is 11.1 Å². The quantitative estimate of drug-likeness (QED) is 0.826. The van der Waals surface area contributed by atoms with Crippen molar-refractivity contribution in [3.8, 4) is 6.07 Å². The van der Waals surface area contributed by atoms with Crippen molar-refractivity contribution in [3.05, 3.63) is 51.4 Å². The second-order valence-electron chi connectivity index (χ2n) is 6.73. The zero-order chi connectivity index (χ0) is 20.1. The molecule has 0 atom stereocenters. The van der Waals surface area contributed by atoms with Crippen molar-refractivity contribution < 1.29 is 14.3 Å². The molecule has 0 bridgehead atoms. The molecule has 0 unspecified atom stereocenters. The van der Waals surface area contributed by atoms with Crippen LogP contribution in [0.3, 0.4) is 0 Å². The third-order valence-corrected chi connectivity index (χ3v) is 5.80. The van der Waals surface area contributed by atoms with Gasteiger partial charge in [-0.2, -0.15) is 5.26 Å².